The molecule has 0 aromatic heterocycles. The zero-order valence-electron chi connectivity index (χ0n) is 22.6. The van der Waals surface area contributed by atoms with E-state index in [0.29, 0.717) is 6.61 Å². The van der Waals surface area contributed by atoms with E-state index in [4.69, 9.17) is 19.3 Å². The van der Waals surface area contributed by atoms with Crippen LogP contribution >= 0.6 is 0 Å². The maximum Gasteiger partial charge on any atom is 0.304 e. The van der Waals surface area contributed by atoms with Crippen molar-refractivity contribution in [3.8, 4) is 23.3 Å². The molecule has 3 aromatic rings. The lowest BCUT2D eigenvalue weighted by atomic mass is 9.96. The molecule has 4 rings (SSSR count). The Morgan fingerprint density at radius 2 is 1.49 bits per heavy atom. The summed E-state index contributed by atoms with van der Waals surface area (Å²) >= 11 is 0. The Hall–Kier alpha value is -3.99. The van der Waals surface area contributed by atoms with Gasteiger partial charge < -0.3 is 24.2 Å². The van der Waals surface area contributed by atoms with Gasteiger partial charge in [-0.05, 0) is 60.0 Å². The van der Waals surface area contributed by atoms with Crippen LogP contribution in [0.25, 0.3) is 0 Å². The van der Waals surface area contributed by atoms with Gasteiger partial charge in [0, 0.05) is 45.5 Å². The first-order chi connectivity index (χ1) is 19.0. The van der Waals surface area contributed by atoms with Gasteiger partial charge >= 0.3 is 5.97 Å². The first-order valence-corrected chi connectivity index (χ1v) is 13.2. The topological polar surface area (TPSA) is 71.5 Å². The first kappa shape index (κ1) is 28.0. The largest absolute Gasteiger partial charge is 0.489 e. The predicted molar refractivity (Wildman–Crippen MR) is 152 cm³/mol. The highest BCUT2D eigenvalue weighted by Gasteiger charge is 2.17. The van der Waals surface area contributed by atoms with E-state index in [-0.39, 0.29) is 19.1 Å². The van der Waals surface area contributed by atoms with Gasteiger partial charge in [0.05, 0.1) is 12.3 Å². The Labute approximate surface area is 230 Å². The van der Waals surface area contributed by atoms with Crippen LogP contribution in [-0.4, -0.2) is 56.1 Å². The molecule has 1 aliphatic heterocycles. The summed E-state index contributed by atoms with van der Waals surface area (Å²) in [7, 11) is 1.62. The molecule has 0 saturated carbocycles. The van der Waals surface area contributed by atoms with Gasteiger partial charge in [-0.3, -0.25) is 9.69 Å². The second kappa shape index (κ2) is 14.2. The third-order valence-corrected chi connectivity index (χ3v) is 6.73. The van der Waals surface area contributed by atoms with Crippen molar-refractivity contribution in [1.82, 2.24) is 4.90 Å². The van der Waals surface area contributed by atoms with E-state index in [1.54, 1.807) is 14.0 Å². The molecule has 7 heteroatoms. The number of ether oxygens (including phenoxy) is 3. The molecule has 7 nitrogen and oxygen atoms in total. The Bertz CT molecular complexity index is 1240. The van der Waals surface area contributed by atoms with Crippen molar-refractivity contribution in [2.24, 2.45) is 0 Å². The maximum absolute atomic E-state index is 11.1. The van der Waals surface area contributed by atoms with Crippen LogP contribution in [0.4, 0.5) is 5.69 Å². The summed E-state index contributed by atoms with van der Waals surface area (Å²) in [5.41, 5.74) is 4.49. The Kier molecular flexibility index (Phi) is 10.2. The number of nitrogens with zero attached hydrogens (tertiary/aromatic N) is 2. The standard InChI is InChI=1S/C32H36N2O5/c1-3-4-28(21-32(35)36)27-9-13-30(14-10-27)38-23-26-7-5-25(6-8-26)22-33-17-19-34(20-18-33)29-11-15-31(16-12-29)39-24-37-2/h5-16,28H,17-24H2,1-2H3,(H,35,36)/t28-/m0/s1. The van der Waals surface area contributed by atoms with E-state index in [2.05, 4.69) is 58.0 Å². The van der Waals surface area contributed by atoms with Crippen LogP contribution < -0.4 is 14.4 Å². The molecule has 0 bridgehead atoms. The molecule has 1 atom stereocenters. The third-order valence-electron chi connectivity index (χ3n) is 6.73. The smallest absolute Gasteiger partial charge is 0.304 e. The fraction of sp³-hybridized carbons (Fsp3) is 0.344. The van der Waals surface area contributed by atoms with E-state index < -0.39 is 5.97 Å². The number of aliphatic carboxylic acids is 1. The minimum Gasteiger partial charge on any atom is -0.489 e. The van der Waals surface area contributed by atoms with Gasteiger partial charge in [0.1, 0.15) is 18.1 Å². The molecule has 3 aromatic carbocycles. The van der Waals surface area contributed by atoms with E-state index in [1.807, 2.05) is 36.4 Å². The number of carboxylic acid groups (broad SMARTS) is 1. The molecule has 1 saturated heterocycles. The van der Waals surface area contributed by atoms with Crippen molar-refractivity contribution < 1.29 is 24.1 Å². The third kappa shape index (κ3) is 8.51. The van der Waals surface area contributed by atoms with Gasteiger partial charge in [-0.25, -0.2) is 0 Å². The molecule has 0 unspecified atom stereocenters. The number of methoxy groups -OCH3 is 1. The van der Waals surface area contributed by atoms with Crippen LogP contribution in [-0.2, 0) is 22.7 Å². The summed E-state index contributed by atoms with van der Waals surface area (Å²) in [5.74, 6) is 6.19. The maximum atomic E-state index is 11.1. The number of carbonyl (C=O) groups is 1. The second-order valence-corrected chi connectivity index (χ2v) is 9.53. The highest BCUT2D eigenvalue weighted by Crippen LogP contribution is 2.24. The molecule has 204 valence electrons. The Balaban J connectivity index is 1.22. The summed E-state index contributed by atoms with van der Waals surface area (Å²) in [6, 6.07) is 24.3. The number of benzene rings is 3. The molecule has 0 amide bonds. The summed E-state index contributed by atoms with van der Waals surface area (Å²) in [4.78, 5) is 16.0. The predicted octanol–water partition coefficient (Wildman–Crippen LogP) is 5.15. The highest BCUT2D eigenvalue weighted by atomic mass is 16.7. The summed E-state index contributed by atoms with van der Waals surface area (Å²) in [6.07, 6.45) is -0.0115. The quantitative estimate of drug-likeness (QED) is 0.257. The lowest BCUT2D eigenvalue weighted by Gasteiger charge is -2.36. The van der Waals surface area contributed by atoms with Crippen LogP contribution in [0.5, 0.6) is 11.5 Å². The fourth-order valence-electron chi connectivity index (χ4n) is 4.61. The SMILES string of the molecule is CC#C[C@@H](CC(=O)O)c1ccc(OCc2ccc(CN3CCN(c4ccc(OCOC)cc4)CC3)cc2)cc1. The van der Waals surface area contributed by atoms with Gasteiger partial charge in [0.15, 0.2) is 6.79 Å². The molecule has 1 aliphatic rings. The van der Waals surface area contributed by atoms with Crippen LogP contribution in [0.2, 0.25) is 0 Å². The average Bonchev–Trinajstić information content (AvgIpc) is 2.96. The number of hydrogen-bond acceptors (Lipinski definition) is 6. The summed E-state index contributed by atoms with van der Waals surface area (Å²) < 4.78 is 16.4. The Morgan fingerprint density at radius 1 is 0.872 bits per heavy atom. The molecule has 1 N–H and O–H groups in total. The number of piperazine rings is 1. The van der Waals surface area contributed by atoms with E-state index in [9.17, 15) is 4.79 Å². The monoisotopic (exact) mass is 528 g/mol. The van der Waals surface area contributed by atoms with Gasteiger partial charge in [0.2, 0.25) is 0 Å². The molecule has 1 fully saturated rings. The van der Waals surface area contributed by atoms with Gasteiger partial charge in [-0.1, -0.05) is 42.3 Å². The van der Waals surface area contributed by atoms with Crippen LogP contribution in [0.15, 0.2) is 72.8 Å². The first-order valence-electron chi connectivity index (χ1n) is 13.2. The summed E-state index contributed by atoms with van der Waals surface area (Å²) in [5, 5.41) is 9.13. The molecule has 1 heterocycles. The van der Waals surface area contributed by atoms with Crippen molar-refractivity contribution in [3.05, 3.63) is 89.5 Å². The zero-order valence-corrected chi connectivity index (χ0v) is 22.6. The molecule has 0 radical (unpaired) electrons. The summed E-state index contributed by atoms with van der Waals surface area (Å²) in [6.45, 7) is 7.39. The molecule has 39 heavy (non-hydrogen) atoms. The Morgan fingerprint density at radius 3 is 2.10 bits per heavy atom. The van der Waals surface area contributed by atoms with E-state index in [0.717, 1.165) is 55.3 Å². The number of hydrogen-bond donors (Lipinski definition) is 1. The lowest BCUT2D eigenvalue weighted by molar-refractivity contribution is -0.137. The van der Waals surface area contributed by atoms with E-state index in [1.165, 1.54) is 11.3 Å². The minimum absolute atomic E-state index is 0.0115. The average molecular weight is 529 g/mol. The lowest BCUT2D eigenvalue weighted by Crippen LogP contribution is -2.45. The molecular weight excluding hydrogens is 492 g/mol. The van der Waals surface area contributed by atoms with Gasteiger partial charge in [-0.2, -0.15) is 0 Å². The second-order valence-electron chi connectivity index (χ2n) is 9.53. The van der Waals surface area contributed by atoms with Crippen molar-refractivity contribution in [2.45, 2.75) is 32.4 Å². The number of rotatable bonds is 12. The molecular formula is C32H36N2O5. The fourth-order valence-corrected chi connectivity index (χ4v) is 4.61. The highest BCUT2D eigenvalue weighted by molar-refractivity contribution is 5.69. The van der Waals surface area contributed by atoms with Crippen molar-refractivity contribution in [1.29, 1.82) is 0 Å². The molecule has 0 spiro atoms. The van der Waals surface area contributed by atoms with Gasteiger partial charge in [0.25, 0.3) is 0 Å². The van der Waals surface area contributed by atoms with Gasteiger partial charge in [-0.15, -0.1) is 5.92 Å². The number of carboxylic acids is 1. The van der Waals surface area contributed by atoms with Crippen LogP contribution in [0, 0.1) is 11.8 Å². The van der Waals surface area contributed by atoms with Crippen molar-refractivity contribution in [2.75, 3.05) is 45.0 Å². The van der Waals surface area contributed by atoms with Crippen LogP contribution in [0.3, 0.4) is 0 Å². The zero-order chi connectivity index (χ0) is 27.5. The van der Waals surface area contributed by atoms with E-state index >= 15 is 0 Å². The minimum atomic E-state index is -0.857. The normalized spacial score (nSPS) is 14.3. The van der Waals surface area contributed by atoms with Crippen molar-refractivity contribution in [3.63, 3.8) is 0 Å². The van der Waals surface area contributed by atoms with Crippen LogP contribution in [0.1, 0.15) is 36.0 Å². The number of anilines is 1. The van der Waals surface area contributed by atoms with Crippen molar-refractivity contribution >= 4 is 11.7 Å². The molecule has 0 aliphatic carbocycles.